The summed E-state index contributed by atoms with van der Waals surface area (Å²) in [6.45, 7) is 3.96. The van der Waals surface area contributed by atoms with Gasteiger partial charge in [-0.2, -0.15) is 0 Å². The Kier molecular flexibility index (Phi) is 5.55. The highest BCUT2D eigenvalue weighted by molar-refractivity contribution is 14.1. The minimum atomic E-state index is -0.310. The standard InChI is InChI=1S/C12H14ClIO2/c1-3-4-11(14)16-12(15)9-6-5-8(2)10(13)7-9/h5-7,11H,3-4H2,1-2H3. The van der Waals surface area contributed by atoms with Crippen LogP contribution < -0.4 is 0 Å². The maximum atomic E-state index is 11.7. The van der Waals surface area contributed by atoms with E-state index >= 15 is 0 Å². The summed E-state index contributed by atoms with van der Waals surface area (Å²) in [6.07, 6.45) is 1.86. The van der Waals surface area contributed by atoms with E-state index in [1.165, 1.54) is 0 Å². The number of hydrogen-bond acceptors (Lipinski definition) is 2. The van der Waals surface area contributed by atoms with Crippen LogP contribution in [0.2, 0.25) is 5.02 Å². The smallest absolute Gasteiger partial charge is 0.339 e. The number of carbonyl (C=O) groups excluding carboxylic acids is 1. The molecule has 0 aromatic heterocycles. The second kappa shape index (κ2) is 6.45. The van der Waals surface area contributed by atoms with E-state index in [9.17, 15) is 4.79 Å². The summed E-state index contributed by atoms with van der Waals surface area (Å²) in [6, 6.07) is 5.20. The zero-order valence-corrected chi connectivity index (χ0v) is 12.2. The second-order valence-electron chi connectivity index (χ2n) is 3.57. The molecule has 0 N–H and O–H groups in total. The van der Waals surface area contributed by atoms with Gasteiger partial charge in [-0.15, -0.1) is 0 Å². The first-order valence-corrected chi connectivity index (χ1v) is 6.78. The van der Waals surface area contributed by atoms with Crippen molar-refractivity contribution in [2.75, 3.05) is 0 Å². The van der Waals surface area contributed by atoms with Crippen molar-refractivity contribution in [2.24, 2.45) is 0 Å². The highest BCUT2D eigenvalue weighted by atomic mass is 127. The molecule has 0 aliphatic heterocycles. The van der Waals surface area contributed by atoms with Crippen molar-refractivity contribution in [3.63, 3.8) is 0 Å². The predicted molar refractivity (Wildman–Crippen MR) is 74.3 cm³/mol. The van der Waals surface area contributed by atoms with E-state index in [2.05, 4.69) is 29.5 Å². The summed E-state index contributed by atoms with van der Waals surface area (Å²) < 4.78 is 5.19. The molecule has 0 radical (unpaired) electrons. The number of ether oxygens (including phenoxy) is 1. The maximum Gasteiger partial charge on any atom is 0.339 e. The van der Waals surface area contributed by atoms with Crippen LogP contribution in [0, 0.1) is 6.92 Å². The Balaban J connectivity index is 2.69. The van der Waals surface area contributed by atoms with Crippen LogP contribution in [0.15, 0.2) is 18.2 Å². The highest BCUT2D eigenvalue weighted by Gasteiger charge is 2.13. The number of aryl methyl sites for hydroxylation is 1. The lowest BCUT2D eigenvalue weighted by Crippen LogP contribution is -2.12. The largest absolute Gasteiger partial charge is 0.448 e. The molecule has 2 nitrogen and oxygen atoms in total. The van der Waals surface area contributed by atoms with Gasteiger partial charge >= 0.3 is 5.97 Å². The fourth-order valence-corrected chi connectivity index (χ4v) is 2.22. The molecular formula is C12H14ClIO2. The van der Waals surface area contributed by atoms with Crippen molar-refractivity contribution in [2.45, 2.75) is 30.8 Å². The second-order valence-corrected chi connectivity index (χ2v) is 5.36. The molecule has 1 unspecified atom stereocenters. The molecule has 0 saturated heterocycles. The van der Waals surface area contributed by atoms with Gasteiger partial charge in [0.05, 0.1) is 5.56 Å². The number of benzene rings is 1. The Labute approximate surface area is 114 Å². The third-order valence-electron chi connectivity index (χ3n) is 2.16. The van der Waals surface area contributed by atoms with Gasteiger partial charge in [0, 0.05) is 5.02 Å². The lowest BCUT2D eigenvalue weighted by Gasteiger charge is -2.10. The van der Waals surface area contributed by atoms with Crippen LogP contribution >= 0.6 is 34.2 Å². The number of halogens is 2. The van der Waals surface area contributed by atoms with Crippen molar-refractivity contribution in [3.05, 3.63) is 34.3 Å². The first-order valence-electron chi connectivity index (χ1n) is 5.15. The Morgan fingerprint density at radius 1 is 1.56 bits per heavy atom. The summed E-state index contributed by atoms with van der Waals surface area (Å²) in [4.78, 5) is 11.7. The van der Waals surface area contributed by atoms with Crippen molar-refractivity contribution in [1.29, 1.82) is 0 Å². The van der Waals surface area contributed by atoms with E-state index in [-0.39, 0.29) is 10.1 Å². The molecule has 16 heavy (non-hydrogen) atoms. The van der Waals surface area contributed by atoms with Gasteiger partial charge in [0.15, 0.2) is 4.11 Å². The minimum Gasteiger partial charge on any atom is -0.448 e. The SMILES string of the molecule is CCCC(I)OC(=O)c1ccc(C)c(Cl)c1. The van der Waals surface area contributed by atoms with Gasteiger partial charge in [-0.1, -0.05) is 31.0 Å². The first kappa shape index (κ1) is 13.8. The molecule has 0 saturated carbocycles. The van der Waals surface area contributed by atoms with E-state index in [1.807, 2.05) is 13.0 Å². The lowest BCUT2D eigenvalue weighted by atomic mass is 10.1. The summed E-state index contributed by atoms with van der Waals surface area (Å²) >= 11 is 8.07. The fourth-order valence-electron chi connectivity index (χ4n) is 1.19. The molecule has 0 heterocycles. The molecule has 0 fully saturated rings. The maximum absolute atomic E-state index is 11.7. The molecule has 1 aromatic carbocycles. The summed E-state index contributed by atoms with van der Waals surface area (Å²) in [5, 5.41) is 0.593. The first-order chi connectivity index (χ1) is 7.54. The van der Waals surface area contributed by atoms with Crippen molar-refractivity contribution < 1.29 is 9.53 Å². The Bertz CT molecular complexity index is 379. The Morgan fingerprint density at radius 3 is 2.81 bits per heavy atom. The van der Waals surface area contributed by atoms with Crippen LogP contribution in [0.1, 0.15) is 35.7 Å². The fraction of sp³-hybridized carbons (Fsp3) is 0.417. The average molecular weight is 353 g/mol. The van der Waals surface area contributed by atoms with Gasteiger partial charge < -0.3 is 4.74 Å². The summed E-state index contributed by atoms with van der Waals surface area (Å²) in [5.74, 6) is -0.310. The van der Waals surface area contributed by atoms with Gasteiger partial charge in [-0.3, -0.25) is 0 Å². The van der Waals surface area contributed by atoms with E-state index < -0.39 is 0 Å². The molecule has 1 aromatic rings. The number of hydrogen-bond donors (Lipinski definition) is 0. The zero-order chi connectivity index (χ0) is 12.1. The van der Waals surface area contributed by atoms with Gasteiger partial charge in [-0.25, -0.2) is 4.79 Å². The molecule has 1 rings (SSSR count). The third kappa shape index (κ3) is 3.94. The van der Waals surface area contributed by atoms with E-state index in [0.717, 1.165) is 18.4 Å². The molecule has 88 valence electrons. The van der Waals surface area contributed by atoms with Gasteiger partial charge in [0.1, 0.15) is 0 Å². The zero-order valence-electron chi connectivity index (χ0n) is 9.30. The monoisotopic (exact) mass is 352 g/mol. The molecule has 0 aliphatic carbocycles. The van der Waals surface area contributed by atoms with Crippen molar-refractivity contribution in [3.8, 4) is 0 Å². The van der Waals surface area contributed by atoms with Crippen LogP contribution in [0.5, 0.6) is 0 Å². The lowest BCUT2D eigenvalue weighted by molar-refractivity contribution is 0.0471. The van der Waals surface area contributed by atoms with Crippen molar-refractivity contribution in [1.82, 2.24) is 0 Å². The van der Waals surface area contributed by atoms with Crippen LogP contribution in [0.25, 0.3) is 0 Å². The molecule has 0 amide bonds. The topological polar surface area (TPSA) is 26.3 Å². The van der Waals surface area contributed by atoms with Gasteiger partial charge in [0.25, 0.3) is 0 Å². The van der Waals surface area contributed by atoms with Gasteiger partial charge in [0.2, 0.25) is 0 Å². The molecule has 4 heteroatoms. The van der Waals surface area contributed by atoms with Crippen LogP contribution in [0.4, 0.5) is 0 Å². The predicted octanol–water partition coefficient (Wildman–Crippen LogP) is 4.37. The van der Waals surface area contributed by atoms with Crippen LogP contribution in [-0.4, -0.2) is 10.1 Å². The number of esters is 1. The average Bonchev–Trinajstić information content (AvgIpc) is 2.22. The van der Waals surface area contributed by atoms with E-state index in [4.69, 9.17) is 16.3 Å². The molecule has 0 spiro atoms. The van der Waals surface area contributed by atoms with E-state index in [0.29, 0.717) is 10.6 Å². The molecule has 1 atom stereocenters. The number of rotatable bonds is 4. The Hall–Kier alpha value is -0.290. The summed E-state index contributed by atoms with van der Waals surface area (Å²) in [5.41, 5.74) is 1.46. The normalized spacial score (nSPS) is 12.2. The summed E-state index contributed by atoms with van der Waals surface area (Å²) in [7, 11) is 0. The van der Waals surface area contributed by atoms with Crippen molar-refractivity contribution >= 4 is 40.2 Å². The quantitative estimate of drug-likeness (QED) is 0.457. The molecular weight excluding hydrogens is 338 g/mol. The number of carbonyl (C=O) groups is 1. The molecule has 0 aliphatic rings. The van der Waals surface area contributed by atoms with Crippen LogP contribution in [-0.2, 0) is 4.74 Å². The molecule has 0 bridgehead atoms. The van der Waals surface area contributed by atoms with Crippen LogP contribution in [0.3, 0.4) is 0 Å². The third-order valence-corrected chi connectivity index (χ3v) is 3.44. The minimum absolute atomic E-state index is 0.0739. The highest BCUT2D eigenvalue weighted by Crippen LogP contribution is 2.19. The Morgan fingerprint density at radius 2 is 2.25 bits per heavy atom. The van der Waals surface area contributed by atoms with Gasteiger partial charge in [-0.05, 0) is 53.6 Å². The van der Waals surface area contributed by atoms with E-state index in [1.54, 1.807) is 12.1 Å². The number of alkyl halides is 1.